The van der Waals surface area contributed by atoms with E-state index in [-0.39, 0.29) is 22.6 Å². The van der Waals surface area contributed by atoms with E-state index >= 15 is 0 Å². The third-order valence-corrected chi connectivity index (χ3v) is 3.96. The summed E-state index contributed by atoms with van der Waals surface area (Å²) >= 11 is 6.08. The molecule has 1 aromatic carbocycles. The van der Waals surface area contributed by atoms with Gasteiger partial charge in [-0.3, -0.25) is 15.0 Å². The monoisotopic (exact) mass is 323 g/mol. The number of benzene rings is 1. The first-order valence-electron chi connectivity index (χ1n) is 6.75. The molecule has 9 heteroatoms. The van der Waals surface area contributed by atoms with Crippen LogP contribution in [0.5, 0.6) is 0 Å². The smallest absolute Gasteiger partial charge is 0.270 e. The van der Waals surface area contributed by atoms with Crippen LogP contribution in [0.25, 0.3) is 11.5 Å². The number of hydrogen-bond donors (Lipinski definition) is 1. The lowest BCUT2D eigenvalue weighted by Gasteiger charge is -2.30. The van der Waals surface area contributed by atoms with Gasteiger partial charge in [0, 0.05) is 31.8 Å². The molecule has 1 fully saturated rings. The normalized spacial score (nSPS) is 19.3. The molecule has 2 heterocycles. The van der Waals surface area contributed by atoms with Crippen molar-refractivity contribution in [3.05, 3.63) is 39.2 Å². The number of nitrogens with one attached hydrogen (secondary N) is 1. The maximum absolute atomic E-state index is 10.7. The van der Waals surface area contributed by atoms with Gasteiger partial charge in [-0.05, 0) is 13.1 Å². The standard InChI is InChI=1S/C13H14ClN5O3/c1-18-5-4-15-7-11(18)12-16-13(22-17-12)9-3-2-8(19(20)21)6-10(9)14/h2-3,6,11,15H,4-5,7H2,1H3. The first-order chi connectivity index (χ1) is 10.6. The maximum atomic E-state index is 10.7. The van der Waals surface area contributed by atoms with Gasteiger partial charge in [0.15, 0.2) is 5.82 Å². The van der Waals surface area contributed by atoms with Crippen LogP contribution in [0.3, 0.4) is 0 Å². The molecule has 2 aromatic rings. The number of halogens is 1. The molecule has 22 heavy (non-hydrogen) atoms. The van der Waals surface area contributed by atoms with Crippen molar-refractivity contribution in [2.75, 3.05) is 26.7 Å². The lowest BCUT2D eigenvalue weighted by atomic mass is 10.2. The number of piperazine rings is 1. The molecule has 1 aliphatic heterocycles. The second-order valence-corrected chi connectivity index (χ2v) is 5.49. The Morgan fingerprint density at radius 3 is 3.05 bits per heavy atom. The average molecular weight is 324 g/mol. The number of aromatic nitrogens is 2. The summed E-state index contributed by atoms with van der Waals surface area (Å²) in [5.41, 5.74) is 0.405. The molecule has 0 amide bonds. The van der Waals surface area contributed by atoms with Crippen LogP contribution in [0.2, 0.25) is 5.02 Å². The van der Waals surface area contributed by atoms with Crippen LogP contribution in [0.1, 0.15) is 11.9 Å². The van der Waals surface area contributed by atoms with Crippen molar-refractivity contribution < 1.29 is 9.45 Å². The van der Waals surface area contributed by atoms with E-state index < -0.39 is 4.92 Å². The van der Waals surface area contributed by atoms with Crippen molar-refractivity contribution in [1.82, 2.24) is 20.4 Å². The van der Waals surface area contributed by atoms with Gasteiger partial charge in [-0.15, -0.1) is 0 Å². The van der Waals surface area contributed by atoms with Crippen LogP contribution in [0, 0.1) is 10.1 Å². The summed E-state index contributed by atoms with van der Waals surface area (Å²) in [5.74, 6) is 0.827. The van der Waals surface area contributed by atoms with Gasteiger partial charge in [-0.2, -0.15) is 4.98 Å². The fourth-order valence-corrected chi connectivity index (χ4v) is 2.62. The SMILES string of the molecule is CN1CCNCC1c1noc(-c2ccc([N+](=O)[O-])cc2Cl)n1. The van der Waals surface area contributed by atoms with Crippen molar-refractivity contribution in [1.29, 1.82) is 0 Å². The Labute approximate surface area is 131 Å². The lowest BCUT2D eigenvalue weighted by Crippen LogP contribution is -2.44. The molecule has 0 aliphatic carbocycles. The van der Waals surface area contributed by atoms with E-state index in [9.17, 15) is 10.1 Å². The van der Waals surface area contributed by atoms with Gasteiger partial charge in [0.25, 0.3) is 11.6 Å². The minimum atomic E-state index is -0.502. The molecular weight excluding hydrogens is 310 g/mol. The summed E-state index contributed by atoms with van der Waals surface area (Å²) in [6, 6.07) is 4.18. The van der Waals surface area contributed by atoms with Crippen LogP contribution >= 0.6 is 11.6 Å². The van der Waals surface area contributed by atoms with Gasteiger partial charge in [-0.25, -0.2) is 0 Å². The molecule has 116 valence electrons. The second kappa shape index (κ2) is 5.99. The molecule has 3 rings (SSSR count). The highest BCUT2D eigenvalue weighted by atomic mass is 35.5. The number of likely N-dealkylation sites (N-methyl/N-ethyl adjacent to an activating group) is 1. The predicted octanol–water partition coefficient (Wildman–Crippen LogP) is 1.87. The first-order valence-corrected chi connectivity index (χ1v) is 7.13. The molecule has 1 aromatic heterocycles. The largest absolute Gasteiger partial charge is 0.334 e. The molecule has 0 saturated carbocycles. The highest BCUT2D eigenvalue weighted by Gasteiger charge is 2.26. The van der Waals surface area contributed by atoms with E-state index in [4.69, 9.17) is 16.1 Å². The third-order valence-electron chi connectivity index (χ3n) is 3.64. The predicted molar refractivity (Wildman–Crippen MR) is 79.6 cm³/mol. The third kappa shape index (κ3) is 2.80. The fourth-order valence-electron chi connectivity index (χ4n) is 2.36. The number of nitrogens with zero attached hydrogens (tertiary/aromatic N) is 4. The van der Waals surface area contributed by atoms with E-state index in [0.717, 1.165) is 19.6 Å². The maximum Gasteiger partial charge on any atom is 0.270 e. The van der Waals surface area contributed by atoms with Gasteiger partial charge >= 0.3 is 0 Å². The zero-order valence-electron chi connectivity index (χ0n) is 11.8. The zero-order chi connectivity index (χ0) is 15.7. The molecule has 1 saturated heterocycles. The van der Waals surface area contributed by atoms with Gasteiger partial charge in [0.2, 0.25) is 0 Å². The van der Waals surface area contributed by atoms with Crippen LogP contribution in [0.15, 0.2) is 22.7 Å². The van der Waals surface area contributed by atoms with E-state index in [0.29, 0.717) is 11.4 Å². The quantitative estimate of drug-likeness (QED) is 0.680. The molecule has 0 spiro atoms. The topological polar surface area (TPSA) is 97.3 Å². The molecule has 8 nitrogen and oxygen atoms in total. The summed E-state index contributed by atoms with van der Waals surface area (Å²) in [6.45, 7) is 2.56. The molecular formula is C13H14ClN5O3. The van der Waals surface area contributed by atoms with Gasteiger partial charge in [0.1, 0.15) is 0 Å². The Morgan fingerprint density at radius 1 is 1.55 bits per heavy atom. The summed E-state index contributed by atoms with van der Waals surface area (Å²) in [6.07, 6.45) is 0. The van der Waals surface area contributed by atoms with Crippen molar-refractivity contribution in [2.24, 2.45) is 0 Å². The van der Waals surface area contributed by atoms with Crippen molar-refractivity contribution >= 4 is 17.3 Å². The van der Waals surface area contributed by atoms with E-state index in [2.05, 4.69) is 20.4 Å². The minimum Gasteiger partial charge on any atom is -0.334 e. The van der Waals surface area contributed by atoms with Gasteiger partial charge in [0.05, 0.1) is 21.6 Å². The van der Waals surface area contributed by atoms with Gasteiger partial charge < -0.3 is 9.84 Å². The fraction of sp³-hybridized carbons (Fsp3) is 0.385. The lowest BCUT2D eigenvalue weighted by molar-refractivity contribution is -0.384. The molecule has 0 bridgehead atoms. The summed E-state index contributed by atoms with van der Waals surface area (Å²) in [4.78, 5) is 16.7. The van der Waals surface area contributed by atoms with E-state index in [1.54, 1.807) is 0 Å². The highest BCUT2D eigenvalue weighted by molar-refractivity contribution is 6.33. The van der Waals surface area contributed by atoms with E-state index in [1.165, 1.54) is 18.2 Å². The van der Waals surface area contributed by atoms with Crippen LogP contribution in [0.4, 0.5) is 5.69 Å². The Balaban J connectivity index is 1.89. The van der Waals surface area contributed by atoms with Crippen LogP contribution in [-0.4, -0.2) is 46.6 Å². The number of non-ortho nitro benzene ring substituents is 1. The first kappa shape index (κ1) is 14.9. The Bertz CT molecular complexity index is 705. The van der Waals surface area contributed by atoms with Crippen LogP contribution in [-0.2, 0) is 0 Å². The number of rotatable bonds is 3. The number of nitro groups is 1. The van der Waals surface area contributed by atoms with Crippen molar-refractivity contribution in [3.8, 4) is 11.5 Å². The van der Waals surface area contributed by atoms with Crippen molar-refractivity contribution in [3.63, 3.8) is 0 Å². The summed E-state index contributed by atoms with van der Waals surface area (Å²) in [5, 5.41) is 18.2. The number of hydrogen-bond acceptors (Lipinski definition) is 7. The number of nitro benzene ring substituents is 1. The summed E-state index contributed by atoms with van der Waals surface area (Å²) < 4.78 is 5.26. The molecule has 0 radical (unpaired) electrons. The zero-order valence-corrected chi connectivity index (χ0v) is 12.6. The Kier molecular flexibility index (Phi) is 4.06. The van der Waals surface area contributed by atoms with Crippen LogP contribution < -0.4 is 5.32 Å². The molecule has 1 aliphatic rings. The second-order valence-electron chi connectivity index (χ2n) is 5.08. The molecule has 1 unspecified atom stereocenters. The van der Waals surface area contributed by atoms with E-state index in [1.807, 2.05) is 7.05 Å². The van der Waals surface area contributed by atoms with Gasteiger partial charge in [-0.1, -0.05) is 16.8 Å². The highest BCUT2D eigenvalue weighted by Crippen LogP contribution is 2.31. The summed E-state index contributed by atoms with van der Waals surface area (Å²) in [7, 11) is 2.00. The molecule has 1 N–H and O–H groups in total. The Hall–Kier alpha value is -2.03. The van der Waals surface area contributed by atoms with Crippen molar-refractivity contribution in [2.45, 2.75) is 6.04 Å². The minimum absolute atomic E-state index is 0.0306. The average Bonchev–Trinajstić information content (AvgIpc) is 2.97. The Morgan fingerprint density at radius 2 is 2.36 bits per heavy atom. The molecule has 1 atom stereocenters.